The number of aliphatic hydroxyl groups is 1. The molecular weight excluding hydrogens is 404 g/mol. The van der Waals surface area contributed by atoms with Crippen molar-refractivity contribution >= 4 is 17.3 Å². The van der Waals surface area contributed by atoms with Gasteiger partial charge in [0.15, 0.2) is 11.5 Å². The number of benzene rings is 2. The van der Waals surface area contributed by atoms with Gasteiger partial charge in [0.05, 0.1) is 38.5 Å². The standard InChI is InChI=1S/C23H29ClN2O4/c1-28-21-9-4-15(12-23(21)30-3)18-7-8-20(27)19-14-25(10-11-26(18)19)16-5-6-17(24)22(13-16)29-2/h4-6,9,12-13,18-20,27H,7-8,10-11,14H2,1-3H3. The van der Waals surface area contributed by atoms with Crippen LogP contribution in [0.4, 0.5) is 5.69 Å². The molecule has 30 heavy (non-hydrogen) atoms. The topological polar surface area (TPSA) is 54.4 Å². The van der Waals surface area contributed by atoms with Gasteiger partial charge in [-0.15, -0.1) is 0 Å². The van der Waals surface area contributed by atoms with E-state index in [0.717, 1.165) is 49.7 Å². The number of piperidine rings is 1. The fourth-order valence-electron chi connectivity index (χ4n) is 4.74. The molecule has 6 nitrogen and oxygen atoms in total. The van der Waals surface area contributed by atoms with Crippen molar-refractivity contribution in [3.8, 4) is 17.2 Å². The molecular formula is C23H29ClN2O4. The smallest absolute Gasteiger partial charge is 0.161 e. The number of hydrogen-bond donors (Lipinski definition) is 1. The van der Waals surface area contributed by atoms with Gasteiger partial charge < -0.3 is 24.2 Å². The Labute approximate surface area is 182 Å². The van der Waals surface area contributed by atoms with Gasteiger partial charge >= 0.3 is 0 Å². The minimum absolute atomic E-state index is 0.0623. The Morgan fingerprint density at radius 1 is 0.900 bits per heavy atom. The van der Waals surface area contributed by atoms with E-state index in [1.807, 2.05) is 24.3 Å². The summed E-state index contributed by atoms with van der Waals surface area (Å²) in [7, 11) is 4.94. The minimum atomic E-state index is -0.349. The number of piperazine rings is 1. The van der Waals surface area contributed by atoms with Crippen molar-refractivity contribution in [3.63, 3.8) is 0 Å². The van der Waals surface area contributed by atoms with Crippen LogP contribution in [-0.4, -0.2) is 63.1 Å². The van der Waals surface area contributed by atoms with Gasteiger partial charge in [-0.2, -0.15) is 0 Å². The van der Waals surface area contributed by atoms with E-state index in [1.54, 1.807) is 21.3 Å². The lowest BCUT2D eigenvalue weighted by Gasteiger charge is -2.51. The zero-order valence-corrected chi connectivity index (χ0v) is 18.4. The monoisotopic (exact) mass is 432 g/mol. The predicted octanol–water partition coefficient (Wildman–Crippen LogP) is 3.75. The largest absolute Gasteiger partial charge is 0.495 e. The van der Waals surface area contributed by atoms with Crippen molar-refractivity contribution in [3.05, 3.63) is 47.0 Å². The molecule has 2 saturated heterocycles. The van der Waals surface area contributed by atoms with E-state index < -0.39 is 0 Å². The Morgan fingerprint density at radius 2 is 1.67 bits per heavy atom. The van der Waals surface area contributed by atoms with Crippen molar-refractivity contribution in [2.24, 2.45) is 0 Å². The molecule has 0 amide bonds. The molecule has 2 aromatic carbocycles. The fourth-order valence-corrected chi connectivity index (χ4v) is 4.93. The highest BCUT2D eigenvalue weighted by molar-refractivity contribution is 6.32. The molecule has 0 aliphatic carbocycles. The lowest BCUT2D eigenvalue weighted by molar-refractivity contribution is -0.0281. The van der Waals surface area contributed by atoms with Gasteiger partial charge in [0.25, 0.3) is 0 Å². The first-order chi connectivity index (χ1) is 14.5. The quantitative estimate of drug-likeness (QED) is 0.776. The van der Waals surface area contributed by atoms with Crippen LogP contribution in [0.3, 0.4) is 0 Å². The number of hydrogen-bond acceptors (Lipinski definition) is 6. The van der Waals surface area contributed by atoms with Gasteiger partial charge in [0.2, 0.25) is 0 Å². The molecule has 0 spiro atoms. The van der Waals surface area contributed by atoms with E-state index in [4.69, 9.17) is 25.8 Å². The van der Waals surface area contributed by atoms with Crippen molar-refractivity contribution < 1.29 is 19.3 Å². The fraction of sp³-hybridized carbons (Fsp3) is 0.478. The van der Waals surface area contributed by atoms with Crippen LogP contribution in [0, 0.1) is 0 Å². The molecule has 2 aromatic rings. The van der Waals surface area contributed by atoms with E-state index in [1.165, 1.54) is 5.56 Å². The molecule has 2 heterocycles. The maximum atomic E-state index is 10.8. The number of nitrogens with zero attached hydrogens (tertiary/aromatic N) is 2. The maximum absolute atomic E-state index is 10.8. The number of aliphatic hydroxyl groups excluding tert-OH is 1. The zero-order chi connectivity index (χ0) is 21.3. The molecule has 0 saturated carbocycles. The molecule has 2 aliphatic heterocycles. The van der Waals surface area contributed by atoms with E-state index in [0.29, 0.717) is 10.8 Å². The third kappa shape index (κ3) is 3.92. The molecule has 3 unspecified atom stereocenters. The first-order valence-electron chi connectivity index (χ1n) is 10.3. The lowest BCUT2D eigenvalue weighted by atomic mass is 9.87. The molecule has 0 radical (unpaired) electrons. The average Bonchev–Trinajstić information content (AvgIpc) is 2.79. The van der Waals surface area contributed by atoms with Crippen molar-refractivity contribution in [2.45, 2.75) is 31.0 Å². The summed E-state index contributed by atoms with van der Waals surface area (Å²) in [5, 5.41) is 11.4. The summed E-state index contributed by atoms with van der Waals surface area (Å²) in [6.07, 6.45) is 1.35. The van der Waals surface area contributed by atoms with E-state index in [2.05, 4.69) is 21.9 Å². The Balaban J connectivity index is 1.56. The average molecular weight is 433 g/mol. The second-order valence-electron chi connectivity index (χ2n) is 7.84. The van der Waals surface area contributed by atoms with Gasteiger partial charge in [-0.25, -0.2) is 0 Å². The maximum Gasteiger partial charge on any atom is 0.161 e. The lowest BCUT2D eigenvalue weighted by Crippen LogP contribution is -2.60. The molecule has 3 atom stereocenters. The zero-order valence-electron chi connectivity index (χ0n) is 17.7. The third-order valence-corrected chi connectivity index (χ3v) is 6.65. The van der Waals surface area contributed by atoms with Gasteiger partial charge in [-0.05, 0) is 42.7 Å². The van der Waals surface area contributed by atoms with Crippen molar-refractivity contribution in [1.29, 1.82) is 0 Å². The normalized spacial score (nSPS) is 24.3. The van der Waals surface area contributed by atoms with E-state index in [-0.39, 0.29) is 18.2 Å². The SMILES string of the molecule is COc1cc(N2CCN3C(c4ccc(OC)c(OC)c4)CCC(O)C3C2)ccc1Cl. The highest BCUT2D eigenvalue weighted by atomic mass is 35.5. The van der Waals surface area contributed by atoms with Crippen LogP contribution in [0.5, 0.6) is 17.2 Å². The molecule has 4 rings (SSSR count). The van der Waals surface area contributed by atoms with Crippen LogP contribution >= 0.6 is 11.6 Å². The van der Waals surface area contributed by atoms with Crippen LogP contribution in [-0.2, 0) is 0 Å². The number of halogens is 1. The Kier molecular flexibility index (Phi) is 6.27. The third-order valence-electron chi connectivity index (χ3n) is 6.33. The Hall–Kier alpha value is -2.15. The van der Waals surface area contributed by atoms with Crippen LogP contribution in [0.15, 0.2) is 36.4 Å². The second kappa shape index (κ2) is 8.92. The summed E-state index contributed by atoms with van der Waals surface area (Å²) in [4.78, 5) is 4.75. The van der Waals surface area contributed by atoms with Crippen molar-refractivity contribution in [2.75, 3.05) is 45.9 Å². The summed E-state index contributed by atoms with van der Waals surface area (Å²) in [6, 6.07) is 12.3. The van der Waals surface area contributed by atoms with Crippen LogP contribution in [0.25, 0.3) is 0 Å². The number of ether oxygens (including phenoxy) is 3. The van der Waals surface area contributed by atoms with Gasteiger partial charge in [-0.3, -0.25) is 4.90 Å². The first kappa shape index (κ1) is 21.1. The number of methoxy groups -OCH3 is 3. The summed E-state index contributed by atoms with van der Waals surface area (Å²) in [5.41, 5.74) is 2.27. The summed E-state index contributed by atoms with van der Waals surface area (Å²) in [6.45, 7) is 2.50. The molecule has 162 valence electrons. The second-order valence-corrected chi connectivity index (χ2v) is 8.25. The van der Waals surface area contributed by atoms with E-state index in [9.17, 15) is 5.11 Å². The molecule has 0 aromatic heterocycles. The van der Waals surface area contributed by atoms with Gasteiger partial charge in [0, 0.05) is 37.4 Å². The van der Waals surface area contributed by atoms with E-state index >= 15 is 0 Å². The molecule has 0 bridgehead atoms. The summed E-state index contributed by atoms with van der Waals surface area (Å²) < 4.78 is 16.3. The predicted molar refractivity (Wildman–Crippen MR) is 118 cm³/mol. The summed E-state index contributed by atoms with van der Waals surface area (Å²) >= 11 is 6.19. The molecule has 2 aliphatic rings. The first-order valence-corrected chi connectivity index (χ1v) is 10.7. The Bertz CT molecular complexity index is 894. The Morgan fingerprint density at radius 3 is 2.40 bits per heavy atom. The summed E-state index contributed by atoms with van der Waals surface area (Å²) in [5.74, 6) is 2.14. The van der Waals surface area contributed by atoms with Crippen LogP contribution < -0.4 is 19.1 Å². The number of fused-ring (bicyclic) bond motifs is 1. The molecule has 1 N–H and O–H groups in total. The van der Waals surface area contributed by atoms with Crippen LogP contribution in [0.2, 0.25) is 5.02 Å². The highest BCUT2D eigenvalue weighted by Crippen LogP contribution is 2.40. The minimum Gasteiger partial charge on any atom is -0.495 e. The highest BCUT2D eigenvalue weighted by Gasteiger charge is 2.40. The van der Waals surface area contributed by atoms with Crippen LogP contribution in [0.1, 0.15) is 24.4 Å². The number of anilines is 1. The number of rotatable bonds is 5. The molecule has 7 heteroatoms. The van der Waals surface area contributed by atoms with Crippen molar-refractivity contribution in [1.82, 2.24) is 4.90 Å². The van der Waals surface area contributed by atoms with Gasteiger partial charge in [-0.1, -0.05) is 17.7 Å². The van der Waals surface area contributed by atoms with Gasteiger partial charge in [0.1, 0.15) is 5.75 Å². The molecule has 2 fully saturated rings.